The molecular formula is C20H18BrN3O4. The quantitative estimate of drug-likeness (QED) is 0.195. The molecule has 0 radical (unpaired) electrons. The third kappa shape index (κ3) is 5.04. The third-order valence-electron chi connectivity index (χ3n) is 4.13. The van der Waals surface area contributed by atoms with Gasteiger partial charge in [0, 0.05) is 34.9 Å². The molecule has 1 aliphatic rings. The Morgan fingerprint density at radius 3 is 2.64 bits per heavy atom. The Morgan fingerprint density at radius 1 is 1.25 bits per heavy atom. The lowest BCUT2D eigenvalue weighted by atomic mass is 10.1. The number of alkyl halides is 1. The highest BCUT2D eigenvalue weighted by Gasteiger charge is 2.28. The molecule has 0 amide bonds. The molecule has 8 heteroatoms. The lowest BCUT2D eigenvalue weighted by Gasteiger charge is -1.96. The number of aromatic nitrogens is 1. The van der Waals surface area contributed by atoms with Crippen LogP contribution in [-0.2, 0) is 0 Å². The van der Waals surface area contributed by atoms with E-state index in [1.807, 2.05) is 24.3 Å². The second kappa shape index (κ2) is 8.79. The molecule has 0 bridgehead atoms. The summed E-state index contributed by atoms with van der Waals surface area (Å²) in [6, 6.07) is 13.4. The predicted octanol–water partition coefficient (Wildman–Crippen LogP) is 4.97. The fourth-order valence-corrected chi connectivity index (χ4v) is 2.83. The number of hydrogen-bond acceptors (Lipinski definition) is 6. The van der Waals surface area contributed by atoms with Gasteiger partial charge < -0.3 is 10.2 Å². The van der Waals surface area contributed by atoms with Crippen LogP contribution in [0.3, 0.4) is 0 Å². The summed E-state index contributed by atoms with van der Waals surface area (Å²) in [5.41, 5.74) is 8.66. The van der Waals surface area contributed by atoms with Crippen LogP contribution in [0.4, 0.5) is 11.4 Å². The van der Waals surface area contributed by atoms with E-state index >= 15 is 0 Å². The molecule has 0 saturated heterocycles. The minimum atomic E-state index is -0.523. The van der Waals surface area contributed by atoms with E-state index in [1.165, 1.54) is 31.0 Å². The van der Waals surface area contributed by atoms with Gasteiger partial charge >= 0.3 is 0 Å². The van der Waals surface area contributed by atoms with E-state index in [2.05, 4.69) is 20.9 Å². The van der Waals surface area contributed by atoms with Crippen LogP contribution in [-0.4, -0.2) is 21.0 Å². The summed E-state index contributed by atoms with van der Waals surface area (Å²) >= 11 is 2.99. The molecule has 0 unspecified atom stereocenters. The number of Topliss-reactive ketones (excluding diaryl/α,β-unsaturated/α-hetero) is 1. The van der Waals surface area contributed by atoms with Crippen LogP contribution in [0.2, 0.25) is 0 Å². The summed E-state index contributed by atoms with van der Waals surface area (Å²) in [6.07, 6.45) is 4.12. The van der Waals surface area contributed by atoms with Crippen LogP contribution in [0.25, 0.3) is 11.3 Å². The van der Waals surface area contributed by atoms with E-state index in [4.69, 9.17) is 10.2 Å². The minimum absolute atomic E-state index is 0.0631. The first kappa shape index (κ1) is 19.8. The van der Waals surface area contributed by atoms with Crippen molar-refractivity contribution in [2.45, 2.75) is 18.8 Å². The van der Waals surface area contributed by atoms with Gasteiger partial charge in [0.2, 0.25) is 0 Å². The highest BCUT2D eigenvalue weighted by Crippen LogP contribution is 2.40. The lowest BCUT2D eigenvalue weighted by molar-refractivity contribution is -0.384. The molecule has 0 atom stereocenters. The number of halogens is 1. The van der Waals surface area contributed by atoms with Crippen LogP contribution in [0, 0.1) is 10.1 Å². The molecule has 2 aromatic carbocycles. The van der Waals surface area contributed by atoms with Gasteiger partial charge in [0.05, 0.1) is 10.3 Å². The molecule has 0 aliphatic heterocycles. The molecule has 2 N–H and O–H groups in total. The second-order valence-electron chi connectivity index (χ2n) is 6.33. The van der Waals surface area contributed by atoms with E-state index in [0.717, 1.165) is 22.8 Å². The Morgan fingerprint density at radius 2 is 2.00 bits per heavy atom. The van der Waals surface area contributed by atoms with E-state index in [1.54, 1.807) is 12.3 Å². The Hall–Kier alpha value is -3.00. The fraction of sp³-hybridized carbons (Fsp3) is 0.200. The Bertz CT molecular complexity index is 998. The molecule has 7 nitrogen and oxygen atoms in total. The van der Waals surface area contributed by atoms with Crippen molar-refractivity contribution in [2.24, 2.45) is 0 Å². The van der Waals surface area contributed by atoms with Gasteiger partial charge in [-0.3, -0.25) is 14.9 Å². The molecule has 144 valence electrons. The van der Waals surface area contributed by atoms with Crippen LogP contribution in [0.5, 0.6) is 0 Å². The van der Waals surface area contributed by atoms with Crippen molar-refractivity contribution >= 4 is 33.1 Å². The van der Waals surface area contributed by atoms with Crippen LogP contribution in [0.15, 0.2) is 59.2 Å². The molecule has 3 aromatic rings. The number of hydrogen-bond donors (Lipinski definition) is 1. The first-order chi connectivity index (χ1) is 13.5. The summed E-state index contributed by atoms with van der Waals surface area (Å²) in [4.78, 5) is 25.4. The number of carbonyl (C=O) groups excluding carboxylic acids is 1. The van der Waals surface area contributed by atoms with Crippen molar-refractivity contribution in [3.8, 4) is 11.3 Å². The maximum atomic E-state index is 11.1. The Kier molecular flexibility index (Phi) is 6.20. The zero-order valence-corrected chi connectivity index (χ0v) is 16.5. The number of carbonyl (C=O) groups is 1. The van der Waals surface area contributed by atoms with Gasteiger partial charge in [-0.05, 0) is 25.0 Å². The van der Waals surface area contributed by atoms with Gasteiger partial charge in [0.1, 0.15) is 12.0 Å². The second-order valence-corrected chi connectivity index (χ2v) is 6.90. The monoisotopic (exact) mass is 443 g/mol. The molecule has 1 fully saturated rings. The average Bonchev–Trinajstić information content (AvgIpc) is 3.44. The number of rotatable bonds is 5. The highest BCUT2D eigenvalue weighted by molar-refractivity contribution is 9.09. The van der Waals surface area contributed by atoms with E-state index in [0.29, 0.717) is 11.5 Å². The SMILES string of the molecule is Nc1cccc(-c2coc(C3CC3)n2)c1.O=C(CBr)c1cccc([N+](=O)[O-])c1. The Balaban J connectivity index is 0.000000163. The first-order valence-corrected chi connectivity index (χ1v) is 9.75. The lowest BCUT2D eigenvalue weighted by Crippen LogP contribution is -2.00. The number of nitrogens with two attached hydrogens (primary N) is 1. The number of nitrogens with zero attached hydrogens (tertiary/aromatic N) is 2. The smallest absolute Gasteiger partial charge is 0.270 e. The maximum absolute atomic E-state index is 11.1. The normalized spacial score (nSPS) is 12.8. The number of nitrogen functional groups attached to an aromatic ring is 1. The molecule has 4 rings (SSSR count). The maximum Gasteiger partial charge on any atom is 0.270 e. The van der Waals surface area contributed by atoms with Gasteiger partial charge in [-0.15, -0.1) is 0 Å². The van der Waals surface area contributed by atoms with Gasteiger partial charge in [-0.2, -0.15) is 0 Å². The molecule has 1 aliphatic carbocycles. The van der Waals surface area contributed by atoms with E-state index in [-0.39, 0.29) is 16.8 Å². The largest absolute Gasteiger partial charge is 0.448 e. The van der Waals surface area contributed by atoms with Gasteiger partial charge in [0.15, 0.2) is 11.7 Å². The summed E-state index contributed by atoms with van der Waals surface area (Å²) < 4.78 is 5.43. The van der Waals surface area contributed by atoms with Gasteiger partial charge in [-0.25, -0.2) is 4.98 Å². The topological polar surface area (TPSA) is 112 Å². The molecular weight excluding hydrogens is 426 g/mol. The number of benzene rings is 2. The van der Waals surface area contributed by atoms with E-state index < -0.39 is 4.92 Å². The number of anilines is 1. The molecule has 1 saturated carbocycles. The Labute approximate surface area is 169 Å². The number of oxazole rings is 1. The number of nitro groups is 1. The number of ketones is 1. The van der Waals surface area contributed by atoms with E-state index in [9.17, 15) is 14.9 Å². The summed E-state index contributed by atoms with van der Waals surface area (Å²) in [6.45, 7) is 0. The highest BCUT2D eigenvalue weighted by atomic mass is 79.9. The van der Waals surface area contributed by atoms with Crippen LogP contribution < -0.4 is 5.73 Å². The molecule has 0 spiro atoms. The standard InChI is InChI=1S/C12H12N2O.C8H6BrNO3/c13-10-3-1-2-9(6-10)11-7-15-12(14-11)8-4-5-8;9-5-8(11)6-2-1-3-7(4-6)10(12)13/h1-3,6-8H,4-5,13H2;1-4H,5H2. The van der Waals surface area contributed by atoms with Crippen molar-refractivity contribution in [3.05, 3.63) is 76.4 Å². The van der Waals surface area contributed by atoms with Crippen LogP contribution >= 0.6 is 15.9 Å². The zero-order valence-electron chi connectivity index (χ0n) is 14.9. The summed E-state index contributed by atoms with van der Waals surface area (Å²) in [7, 11) is 0. The van der Waals surface area contributed by atoms with Crippen molar-refractivity contribution in [3.63, 3.8) is 0 Å². The number of nitro benzene ring substituents is 1. The van der Waals surface area contributed by atoms with Crippen molar-refractivity contribution in [1.82, 2.24) is 4.98 Å². The first-order valence-electron chi connectivity index (χ1n) is 8.63. The molecule has 1 aromatic heterocycles. The fourth-order valence-electron chi connectivity index (χ4n) is 2.51. The van der Waals surface area contributed by atoms with Gasteiger partial charge in [-0.1, -0.05) is 40.2 Å². The summed E-state index contributed by atoms with van der Waals surface area (Å²) in [5, 5.41) is 10.5. The molecule has 1 heterocycles. The zero-order chi connectivity index (χ0) is 20.1. The minimum Gasteiger partial charge on any atom is -0.448 e. The van der Waals surface area contributed by atoms with Gasteiger partial charge in [0.25, 0.3) is 5.69 Å². The van der Waals surface area contributed by atoms with Crippen LogP contribution in [0.1, 0.15) is 35.0 Å². The average molecular weight is 444 g/mol. The third-order valence-corrected chi connectivity index (χ3v) is 4.64. The van der Waals surface area contributed by atoms with Crippen molar-refractivity contribution in [2.75, 3.05) is 11.1 Å². The van der Waals surface area contributed by atoms with Crippen molar-refractivity contribution in [1.29, 1.82) is 0 Å². The molecule has 28 heavy (non-hydrogen) atoms. The predicted molar refractivity (Wildman–Crippen MR) is 110 cm³/mol. The number of non-ortho nitro benzene ring substituents is 1. The summed E-state index contributed by atoms with van der Waals surface area (Å²) in [5.74, 6) is 1.26. The van der Waals surface area contributed by atoms with Crippen molar-refractivity contribution < 1.29 is 14.1 Å².